The van der Waals surface area contributed by atoms with E-state index in [0.717, 1.165) is 24.8 Å². The minimum Gasteiger partial charge on any atom is -0.271 e. The van der Waals surface area contributed by atoms with Crippen molar-refractivity contribution in [2.45, 2.75) is 45.6 Å². The van der Waals surface area contributed by atoms with E-state index in [-0.39, 0.29) is 6.04 Å². The number of rotatable bonds is 4. The maximum absolute atomic E-state index is 13.8. The summed E-state index contributed by atoms with van der Waals surface area (Å²) < 4.78 is 27.0. The van der Waals surface area contributed by atoms with Crippen molar-refractivity contribution in [2.24, 2.45) is 23.6 Å². The second-order valence-corrected chi connectivity index (χ2v) is 6.22. The summed E-state index contributed by atoms with van der Waals surface area (Å²) in [6.07, 6.45) is 3.80. The summed E-state index contributed by atoms with van der Waals surface area (Å²) in [4.78, 5) is 0. The molecule has 1 aromatic carbocycles. The van der Waals surface area contributed by atoms with E-state index in [2.05, 4.69) is 19.3 Å². The fraction of sp³-hybridized carbons (Fsp3) is 0.625. The maximum Gasteiger partial charge on any atom is 0.162 e. The van der Waals surface area contributed by atoms with E-state index < -0.39 is 11.6 Å². The van der Waals surface area contributed by atoms with Crippen LogP contribution in [0.15, 0.2) is 18.2 Å². The second-order valence-electron chi connectivity index (χ2n) is 6.22. The van der Waals surface area contributed by atoms with Crippen LogP contribution in [0.3, 0.4) is 0 Å². The zero-order valence-electron chi connectivity index (χ0n) is 12.2. The molecule has 1 aromatic rings. The van der Waals surface area contributed by atoms with Gasteiger partial charge in [0.15, 0.2) is 11.6 Å². The summed E-state index contributed by atoms with van der Waals surface area (Å²) in [6.45, 7) is 4.53. The molecule has 0 heterocycles. The first-order valence-corrected chi connectivity index (χ1v) is 7.42. The van der Waals surface area contributed by atoms with Crippen LogP contribution in [0.1, 0.15) is 38.7 Å². The number of benzene rings is 1. The topological polar surface area (TPSA) is 38.0 Å². The lowest BCUT2D eigenvalue weighted by molar-refractivity contribution is 0.170. The fourth-order valence-corrected chi connectivity index (χ4v) is 3.26. The molecule has 0 aromatic heterocycles. The van der Waals surface area contributed by atoms with Crippen LogP contribution in [0.5, 0.6) is 0 Å². The van der Waals surface area contributed by atoms with Gasteiger partial charge in [-0.2, -0.15) is 0 Å². The molecule has 1 aliphatic rings. The lowest BCUT2D eigenvalue weighted by Crippen LogP contribution is -2.44. The summed E-state index contributed by atoms with van der Waals surface area (Å²) in [7, 11) is 0. The third-order valence-corrected chi connectivity index (χ3v) is 4.89. The molecule has 2 nitrogen and oxygen atoms in total. The molecule has 0 bridgehead atoms. The van der Waals surface area contributed by atoms with Crippen molar-refractivity contribution in [3.63, 3.8) is 0 Å². The van der Waals surface area contributed by atoms with E-state index in [4.69, 9.17) is 5.84 Å². The zero-order chi connectivity index (χ0) is 14.7. The van der Waals surface area contributed by atoms with Gasteiger partial charge >= 0.3 is 0 Å². The predicted octanol–water partition coefficient (Wildman–Crippen LogP) is 3.41. The van der Waals surface area contributed by atoms with Gasteiger partial charge in [-0.25, -0.2) is 8.78 Å². The molecule has 1 fully saturated rings. The quantitative estimate of drug-likeness (QED) is 0.656. The van der Waals surface area contributed by atoms with Crippen molar-refractivity contribution in [3.8, 4) is 0 Å². The SMILES string of the molecule is CC1CCC(C(Cc2cccc(F)c2F)NN)CC1C. The summed E-state index contributed by atoms with van der Waals surface area (Å²) in [5.41, 5.74) is 3.22. The normalized spacial score (nSPS) is 28.4. The van der Waals surface area contributed by atoms with Gasteiger partial charge in [0.05, 0.1) is 0 Å². The predicted molar refractivity (Wildman–Crippen MR) is 76.8 cm³/mol. The van der Waals surface area contributed by atoms with E-state index in [1.165, 1.54) is 6.42 Å². The van der Waals surface area contributed by atoms with Crippen LogP contribution in [0.4, 0.5) is 8.78 Å². The lowest BCUT2D eigenvalue weighted by atomic mass is 9.72. The van der Waals surface area contributed by atoms with Crippen molar-refractivity contribution in [2.75, 3.05) is 0 Å². The molecule has 4 unspecified atom stereocenters. The molecule has 0 aliphatic heterocycles. The Balaban J connectivity index is 2.07. The van der Waals surface area contributed by atoms with Crippen LogP contribution in [0, 0.1) is 29.4 Å². The molecule has 3 N–H and O–H groups in total. The van der Waals surface area contributed by atoms with Crippen molar-refractivity contribution in [1.29, 1.82) is 0 Å². The number of hydrazine groups is 1. The Morgan fingerprint density at radius 1 is 1.25 bits per heavy atom. The molecule has 0 radical (unpaired) electrons. The Morgan fingerprint density at radius 3 is 2.65 bits per heavy atom. The van der Waals surface area contributed by atoms with E-state index in [9.17, 15) is 8.78 Å². The molecule has 20 heavy (non-hydrogen) atoms. The summed E-state index contributed by atoms with van der Waals surface area (Å²) in [6, 6.07) is 4.33. The van der Waals surface area contributed by atoms with Gasteiger partial charge in [0, 0.05) is 6.04 Å². The van der Waals surface area contributed by atoms with Crippen LogP contribution in [-0.4, -0.2) is 6.04 Å². The van der Waals surface area contributed by atoms with E-state index in [0.29, 0.717) is 23.8 Å². The summed E-state index contributed by atoms with van der Waals surface area (Å²) in [5, 5.41) is 0. The first kappa shape index (κ1) is 15.4. The average molecular weight is 282 g/mol. The minimum atomic E-state index is -0.788. The monoisotopic (exact) mass is 282 g/mol. The molecule has 4 atom stereocenters. The van der Waals surface area contributed by atoms with Crippen molar-refractivity contribution >= 4 is 0 Å². The first-order valence-electron chi connectivity index (χ1n) is 7.42. The van der Waals surface area contributed by atoms with Crippen molar-refractivity contribution in [3.05, 3.63) is 35.4 Å². The maximum atomic E-state index is 13.8. The van der Waals surface area contributed by atoms with Gasteiger partial charge in [-0.1, -0.05) is 32.4 Å². The van der Waals surface area contributed by atoms with Gasteiger partial charge in [0.2, 0.25) is 0 Å². The minimum absolute atomic E-state index is 0.00116. The highest BCUT2D eigenvalue weighted by atomic mass is 19.2. The number of nitrogens with two attached hydrogens (primary N) is 1. The molecule has 1 saturated carbocycles. The van der Waals surface area contributed by atoms with Crippen molar-refractivity contribution in [1.82, 2.24) is 5.43 Å². The van der Waals surface area contributed by atoms with Crippen LogP contribution in [0.25, 0.3) is 0 Å². The third kappa shape index (κ3) is 3.36. The number of nitrogens with one attached hydrogen (secondary N) is 1. The highest BCUT2D eigenvalue weighted by Crippen LogP contribution is 2.35. The molecular formula is C16H24F2N2. The highest BCUT2D eigenvalue weighted by Gasteiger charge is 2.30. The Kier molecular flexibility index (Phi) is 5.11. The van der Waals surface area contributed by atoms with Gasteiger partial charge in [0.25, 0.3) is 0 Å². The highest BCUT2D eigenvalue weighted by molar-refractivity contribution is 5.20. The van der Waals surface area contributed by atoms with Crippen molar-refractivity contribution < 1.29 is 8.78 Å². The fourth-order valence-electron chi connectivity index (χ4n) is 3.26. The zero-order valence-corrected chi connectivity index (χ0v) is 12.2. The number of halogens is 2. The van der Waals surface area contributed by atoms with Gasteiger partial charge in [-0.3, -0.25) is 11.3 Å². The molecule has 0 spiro atoms. The van der Waals surface area contributed by atoms with E-state index >= 15 is 0 Å². The second kappa shape index (κ2) is 6.64. The molecule has 4 heteroatoms. The smallest absolute Gasteiger partial charge is 0.162 e. The van der Waals surface area contributed by atoms with Gasteiger partial charge < -0.3 is 0 Å². The van der Waals surface area contributed by atoms with Gasteiger partial charge in [-0.05, 0) is 48.6 Å². The Labute approximate surface area is 119 Å². The first-order chi connectivity index (χ1) is 9.52. The van der Waals surface area contributed by atoms with Crippen LogP contribution < -0.4 is 11.3 Å². The third-order valence-electron chi connectivity index (χ3n) is 4.89. The molecule has 0 amide bonds. The molecule has 0 saturated heterocycles. The molecule has 1 aliphatic carbocycles. The van der Waals surface area contributed by atoms with E-state index in [1.807, 2.05) is 0 Å². The summed E-state index contributed by atoms with van der Waals surface area (Å²) >= 11 is 0. The van der Waals surface area contributed by atoms with Crippen LogP contribution >= 0.6 is 0 Å². The van der Waals surface area contributed by atoms with Crippen LogP contribution in [-0.2, 0) is 6.42 Å². The van der Waals surface area contributed by atoms with E-state index in [1.54, 1.807) is 12.1 Å². The molecular weight excluding hydrogens is 258 g/mol. The standard InChI is InChI=1S/C16H24F2N2/c1-10-6-7-12(8-11(10)2)15(20-19)9-13-4-3-5-14(17)16(13)18/h3-5,10-12,15,20H,6-9,19H2,1-2H3. The van der Waals surface area contributed by atoms with Crippen LogP contribution in [0.2, 0.25) is 0 Å². The van der Waals surface area contributed by atoms with Gasteiger partial charge in [-0.15, -0.1) is 0 Å². The van der Waals surface area contributed by atoms with Gasteiger partial charge in [0.1, 0.15) is 0 Å². The molecule has 112 valence electrons. The largest absolute Gasteiger partial charge is 0.271 e. The summed E-state index contributed by atoms with van der Waals surface area (Å²) in [5.74, 6) is 5.93. The lowest BCUT2D eigenvalue weighted by Gasteiger charge is -2.36. The Morgan fingerprint density at radius 2 is 2.00 bits per heavy atom. The Hall–Kier alpha value is -1.00. The molecule has 2 rings (SSSR count). The number of hydrogen-bond donors (Lipinski definition) is 2. The Bertz CT molecular complexity index is 450. The average Bonchev–Trinajstić information content (AvgIpc) is 2.44. The number of hydrogen-bond acceptors (Lipinski definition) is 2.